The second-order valence-electron chi connectivity index (χ2n) is 5.31. The lowest BCUT2D eigenvalue weighted by Gasteiger charge is -2.22. The smallest absolute Gasteiger partial charge is 0.287 e. The molecule has 1 aliphatic heterocycles. The summed E-state index contributed by atoms with van der Waals surface area (Å²) in [5, 5.41) is 2.82. The maximum Gasteiger partial charge on any atom is 0.287 e. The Morgan fingerprint density at radius 1 is 1.32 bits per heavy atom. The Balaban J connectivity index is 1.76. The molecule has 0 aliphatic carbocycles. The van der Waals surface area contributed by atoms with Crippen LogP contribution in [0, 0.1) is 5.82 Å². The molecule has 0 saturated carbocycles. The highest BCUT2D eigenvalue weighted by molar-refractivity contribution is 5.93. The normalized spacial score (nSPS) is 18.3. The van der Waals surface area contributed by atoms with Crippen molar-refractivity contribution < 1.29 is 18.3 Å². The SMILES string of the molecule is O=C(NCC1CCCCO1)c1cc(=O)c2cc(F)ccc2o1. The van der Waals surface area contributed by atoms with Gasteiger partial charge in [0.2, 0.25) is 0 Å². The fourth-order valence-electron chi connectivity index (χ4n) is 2.50. The highest BCUT2D eigenvalue weighted by atomic mass is 19.1. The van der Waals surface area contributed by atoms with E-state index in [1.165, 1.54) is 12.1 Å². The summed E-state index contributed by atoms with van der Waals surface area (Å²) < 4.78 is 24.0. The average molecular weight is 305 g/mol. The first-order valence-electron chi connectivity index (χ1n) is 7.27. The van der Waals surface area contributed by atoms with Crippen LogP contribution >= 0.6 is 0 Å². The Kier molecular flexibility index (Phi) is 4.20. The fraction of sp³-hybridized carbons (Fsp3) is 0.375. The third-order valence-electron chi connectivity index (χ3n) is 3.68. The van der Waals surface area contributed by atoms with E-state index in [2.05, 4.69) is 5.32 Å². The van der Waals surface area contributed by atoms with Crippen LogP contribution in [-0.4, -0.2) is 25.2 Å². The minimum absolute atomic E-state index is 0.000950. The van der Waals surface area contributed by atoms with Gasteiger partial charge in [-0.3, -0.25) is 9.59 Å². The topological polar surface area (TPSA) is 68.5 Å². The number of carbonyl (C=O) groups is 1. The number of halogens is 1. The Labute approximate surface area is 126 Å². The molecule has 2 aromatic rings. The van der Waals surface area contributed by atoms with Crippen LogP contribution in [0.3, 0.4) is 0 Å². The minimum Gasteiger partial charge on any atom is -0.451 e. The summed E-state index contributed by atoms with van der Waals surface area (Å²) in [7, 11) is 0. The zero-order valence-electron chi connectivity index (χ0n) is 11.9. The molecule has 1 aromatic carbocycles. The summed E-state index contributed by atoms with van der Waals surface area (Å²) >= 11 is 0. The lowest BCUT2D eigenvalue weighted by molar-refractivity contribution is 0.0167. The summed E-state index contributed by atoms with van der Waals surface area (Å²) in [6.07, 6.45) is 3.03. The van der Waals surface area contributed by atoms with Crippen molar-refractivity contribution in [1.29, 1.82) is 0 Å². The monoisotopic (exact) mass is 305 g/mol. The van der Waals surface area contributed by atoms with Crippen LogP contribution in [0.5, 0.6) is 0 Å². The summed E-state index contributed by atoms with van der Waals surface area (Å²) in [4.78, 5) is 24.0. The van der Waals surface area contributed by atoms with Crippen molar-refractivity contribution in [1.82, 2.24) is 5.32 Å². The van der Waals surface area contributed by atoms with E-state index in [9.17, 15) is 14.0 Å². The third kappa shape index (κ3) is 3.17. The Hall–Kier alpha value is -2.21. The number of hydrogen-bond acceptors (Lipinski definition) is 4. The summed E-state index contributed by atoms with van der Waals surface area (Å²) in [6.45, 7) is 1.08. The zero-order valence-corrected chi connectivity index (χ0v) is 11.9. The van der Waals surface area contributed by atoms with Crippen LogP contribution in [0.2, 0.25) is 0 Å². The van der Waals surface area contributed by atoms with E-state index >= 15 is 0 Å². The van der Waals surface area contributed by atoms with Gasteiger partial charge in [0.1, 0.15) is 11.4 Å². The van der Waals surface area contributed by atoms with Crippen molar-refractivity contribution in [3.63, 3.8) is 0 Å². The number of hydrogen-bond donors (Lipinski definition) is 1. The van der Waals surface area contributed by atoms with Gasteiger partial charge < -0.3 is 14.5 Å². The second-order valence-corrected chi connectivity index (χ2v) is 5.31. The third-order valence-corrected chi connectivity index (χ3v) is 3.68. The van der Waals surface area contributed by atoms with Gasteiger partial charge in [-0.25, -0.2) is 4.39 Å². The molecule has 1 saturated heterocycles. The Bertz CT molecular complexity index is 749. The van der Waals surface area contributed by atoms with Crippen molar-refractivity contribution in [2.45, 2.75) is 25.4 Å². The van der Waals surface area contributed by atoms with E-state index in [-0.39, 0.29) is 22.8 Å². The molecule has 1 aliphatic rings. The molecule has 116 valence electrons. The van der Waals surface area contributed by atoms with Gasteiger partial charge in [-0.2, -0.15) is 0 Å². The highest BCUT2D eigenvalue weighted by Crippen LogP contribution is 2.14. The van der Waals surface area contributed by atoms with Gasteiger partial charge >= 0.3 is 0 Å². The van der Waals surface area contributed by atoms with Crippen molar-refractivity contribution in [2.75, 3.05) is 13.2 Å². The van der Waals surface area contributed by atoms with Gasteiger partial charge in [-0.1, -0.05) is 0 Å². The Morgan fingerprint density at radius 3 is 2.95 bits per heavy atom. The molecule has 6 heteroatoms. The molecule has 22 heavy (non-hydrogen) atoms. The van der Waals surface area contributed by atoms with Gasteiger partial charge in [0.15, 0.2) is 11.2 Å². The molecule has 3 rings (SSSR count). The molecule has 0 radical (unpaired) electrons. The van der Waals surface area contributed by atoms with Crippen molar-refractivity contribution in [2.24, 2.45) is 0 Å². The molecule has 1 atom stereocenters. The van der Waals surface area contributed by atoms with E-state index < -0.39 is 17.2 Å². The molecule has 0 spiro atoms. The van der Waals surface area contributed by atoms with Crippen LogP contribution in [0.15, 0.2) is 33.5 Å². The molecular weight excluding hydrogens is 289 g/mol. The van der Waals surface area contributed by atoms with Gasteiger partial charge in [-0.05, 0) is 37.5 Å². The largest absolute Gasteiger partial charge is 0.451 e. The van der Waals surface area contributed by atoms with Crippen molar-refractivity contribution in [3.8, 4) is 0 Å². The lowest BCUT2D eigenvalue weighted by Crippen LogP contribution is -2.35. The number of ether oxygens (including phenoxy) is 1. The van der Waals surface area contributed by atoms with Crippen LogP contribution in [0.25, 0.3) is 11.0 Å². The fourth-order valence-corrected chi connectivity index (χ4v) is 2.50. The highest BCUT2D eigenvalue weighted by Gasteiger charge is 2.17. The second kappa shape index (κ2) is 6.27. The van der Waals surface area contributed by atoms with Crippen LogP contribution in [-0.2, 0) is 4.74 Å². The quantitative estimate of drug-likeness (QED) is 0.944. The molecule has 1 fully saturated rings. The number of rotatable bonds is 3. The maximum absolute atomic E-state index is 13.1. The minimum atomic E-state index is -0.522. The first kappa shape index (κ1) is 14.7. The predicted molar refractivity (Wildman–Crippen MR) is 78.4 cm³/mol. The van der Waals surface area contributed by atoms with Crippen LogP contribution in [0.4, 0.5) is 4.39 Å². The predicted octanol–water partition coefficient (Wildman–Crippen LogP) is 2.23. The summed E-state index contributed by atoms with van der Waals surface area (Å²) in [6, 6.07) is 4.70. The first-order valence-corrected chi connectivity index (χ1v) is 7.27. The van der Waals surface area contributed by atoms with E-state index in [1.807, 2.05) is 0 Å². The van der Waals surface area contributed by atoms with E-state index in [0.29, 0.717) is 13.2 Å². The van der Waals surface area contributed by atoms with E-state index in [1.54, 1.807) is 0 Å². The van der Waals surface area contributed by atoms with Gasteiger partial charge in [0.05, 0.1) is 11.5 Å². The van der Waals surface area contributed by atoms with Crippen molar-refractivity contribution in [3.05, 3.63) is 46.1 Å². The molecule has 0 bridgehead atoms. The molecule has 1 aromatic heterocycles. The number of carbonyl (C=O) groups excluding carboxylic acids is 1. The van der Waals surface area contributed by atoms with Crippen LogP contribution < -0.4 is 10.7 Å². The first-order chi connectivity index (χ1) is 10.6. The summed E-state index contributed by atoms with van der Waals surface area (Å²) in [5.74, 6) is -1.08. The van der Waals surface area contributed by atoms with Gasteiger partial charge in [-0.15, -0.1) is 0 Å². The molecule has 2 heterocycles. The molecular formula is C16H16FNO4. The number of nitrogens with one attached hydrogen (secondary N) is 1. The maximum atomic E-state index is 13.1. The van der Waals surface area contributed by atoms with Crippen molar-refractivity contribution >= 4 is 16.9 Å². The molecule has 5 nitrogen and oxygen atoms in total. The van der Waals surface area contributed by atoms with E-state index in [0.717, 1.165) is 31.4 Å². The average Bonchev–Trinajstić information content (AvgIpc) is 2.54. The Morgan fingerprint density at radius 2 is 2.18 bits per heavy atom. The van der Waals surface area contributed by atoms with E-state index in [4.69, 9.17) is 9.15 Å². The van der Waals surface area contributed by atoms with Gasteiger partial charge in [0, 0.05) is 19.2 Å². The number of amides is 1. The summed E-state index contributed by atoms with van der Waals surface area (Å²) in [5.41, 5.74) is -0.257. The number of fused-ring (bicyclic) bond motifs is 1. The zero-order chi connectivity index (χ0) is 15.5. The number of benzene rings is 1. The molecule has 1 amide bonds. The standard InChI is InChI=1S/C16H16FNO4/c17-10-4-5-14-12(7-10)13(19)8-15(22-14)16(20)18-9-11-3-1-2-6-21-11/h4-5,7-8,11H,1-3,6,9H2,(H,18,20). The lowest BCUT2D eigenvalue weighted by atomic mass is 10.1. The molecule has 1 unspecified atom stereocenters. The molecule has 1 N–H and O–H groups in total. The van der Waals surface area contributed by atoms with Crippen LogP contribution in [0.1, 0.15) is 29.8 Å². The van der Waals surface area contributed by atoms with Gasteiger partial charge in [0.25, 0.3) is 5.91 Å².